The second kappa shape index (κ2) is 8.12. The summed E-state index contributed by atoms with van der Waals surface area (Å²) < 4.78 is 6.43. The van der Waals surface area contributed by atoms with Crippen LogP contribution in [0.1, 0.15) is 27.9 Å². The van der Waals surface area contributed by atoms with Gasteiger partial charge >= 0.3 is 0 Å². The number of carbonyl (C=O) groups excluding carboxylic acids is 1. The summed E-state index contributed by atoms with van der Waals surface area (Å²) in [6.45, 7) is 0.208. The van der Waals surface area contributed by atoms with Gasteiger partial charge in [-0.3, -0.25) is 9.59 Å². The molecule has 1 unspecified atom stereocenters. The highest BCUT2D eigenvalue weighted by Crippen LogP contribution is 2.15. The van der Waals surface area contributed by atoms with Gasteiger partial charge in [0.2, 0.25) is 0 Å². The van der Waals surface area contributed by atoms with Crippen LogP contribution in [0.4, 0.5) is 0 Å². The Hall–Kier alpha value is -3.71. The van der Waals surface area contributed by atoms with E-state index in [0.717, 1.165) is 5.56 Å². The van der Waals surface area contributed by atoms with Gasteiger partial charge in [-0.15, -0.1) is 0 Å². The summed E-state index contributed by atoms with van der Waals surface area (Å²) in [5.74, 6) is -0.120. The molecule has 2 N–H and O–H groups in total. The first-order valence-electron chi connectivity index (χ1n) is 9.17. The second-order valence-electron chi connectivity index (χ2n) is 6.58. The lowest BCUT2D eigenvalue weighted by molar-refractivity contribution is 0.0896. The van der Waals surface area contributed by atoms with Crippen molar-refractivity contribution in [3.05, 3.63) is 100 Å². The fraction of sp³-hybridized carbons (Fsp3) is 0.136. The summed E-state index contributed by atoms with van der Waals surface area (Å²) in [6.07, 6.45) is 0.477. The molecule has 0 radical (unpaired) electrons. The van der Waals surface area contributed by atoms with Crippen LogP contribution in [-0.4, -0.2) is 27.3 Å². The summed E-state index contributed by atoms with van der Waals surface area (Å²) in [5.41, 5.74) is 0.761. The Kier molecular flexibility index (Phi) is 5.22. The number of furan rings is 1. The lowest BCUT2D eigenvalue weighted by atomic mass is 10.1. The highest BCUT2D eigenvalue weighted by atomic mass is 16.4. The molecule has 29 heavy (non-hydrogen) atoms. The summed E-state index contributed by atoms with van der Waals surface area (Å²) in [4.78, 5) is 25.7. The average Bonchev–Trinajstić information content (AvgIpc) is 3.30. The molecule has 7 heteroatoms. The molecule has 0 saturated heterocycles. The van der Waals surface area contributed by atoms with E-state index in [-0.39, 0.29) is 24.3 Å². The molecule has 2 aromatic heterocycles. The van der Waals surface area contributed by atoms with E-state index in [1.54, 1.807) is 36.4 Å². The molecule has 0 bridgehead atoms. The number of fused-ring (bicyclic) bond motifs is 1. The highest BCUT2D eigenvalue weighted by molar-refractivity contribution is 6.04. The number of hydrogen-bond donors (Lipinski definition) is 2. The molecule has 0 aliphatic carbocycles. The monoisotopic (exact) mass is 389 g/mol. The molecule has 2 heterocycles. The van der Waals surface area contributed by atoms with Gasteiger partial charge in [0.1, 0.15) is 11.9 Å². The predicted octanol–water partition coefficient (Wildman–Crippen LogP) is 2.50. The number of nitrogens with one attached hydrogen (secondary N) is 1. The number of aromatic nitrogens is 2. The summed E-state index contributed by atoms with van der Waals surface area (Å²) in [7, 11) is 0. The van der Waals surface area contributed by atoms with Gasteiger partial charge in [-0.05, 0) is 23.8 Å². The molecular formula is C22H19N3O4. The third-order valence-corrected chi connectivity index (χ3v) is 4.59. The van der Waals surface area contributed by atoms with Crippen molar-refractivity contribution in [2.24, 2.45) is 0 Å². The molecule has 0 spiro atoms. The molecule has 0 fully saturated rings. The third kappa shape index (κ3) is 3.95. The van der Waals surface area contributed by atoms with Crippen LogP contribution in [0.5, 0.6) is 0 Å². The number of benzene rings is 2. The Morgan fingerprint density at radius 2 is 1.76 bits per heavy atom. The summed E-state index contributed by atoms with van der Waals surface area (Å²) >= 11 is 0. The van der Waals surface area contributed by atoms with Gasteiger partial charge in [-0.1, -0.05) is 48.5 Å². The van der Waals surface area contributed by atoms with Gasteiger partial charge in [0, 0.05) is 5.39 Å². The number of rotatable bonds is 6. The van der Waals surface area contributed by atoms with Gasteiger partial charge < -0.3 is 14.8 Å². The normalized spacial score (nSPS) is 12.0. The number of amides is 1. The molecular weight excluding hydrogens is 370 g/mol. The van der Waals surface area contributed by atoms with Crippen LogP contribution in [0.15, 0.2) is 82.2 Å². The van der Waals surface area contributed by atoms with Gasteiger partial charge in [0.25, 0.3) is 11.5 Å². The summed E-state index contributed by atoms with van der Waals surface area (Å²) in [6, 6.07) is 19.6. The molecule has 2 aromatic carbocycles. The van der Waals surface area contributed by atoms with E-state index in [9.17, 15) is 14.7 Å². The van der Waals surface area contributed by atoms with Crippen molar-refractivity contribution in [3.8, 4) is 0 Å². The number of nitrogens with zero attached hydrogens (tertiary/aromatic N) is 2. The topological polar surface area (TPSA) is 97.4 Å². The lowest BCUT2D eigenvalue weighted by Crippen LogP contribution is -2.33. The van der Waals surface area contributed by atoms with E-state index in [1.165, 1.54) is 10.9 Å². The van der Waals surface area contributed by atoms with E-state index >= 15 is 0 Å². The van der Waals surface area contributed by atoms with E-state index < -0.39 is 12.0 Å². The van der Waals surface area contributed by atoms with Gasteiger partial charge in [-0.2, -0.15) is 5.10 Å². The van der Waals surface area contributed by atoms with Crippen molar-refractivity contribution in [1.82, 2.24) is 15.1 Å². The Morgan fingerprint density at radius 1 is 1.03 bits per heavy atom. The highest BCUT2D eigenvalue weighted by Gasteiger charge is 2.18. The second-order valence-corrected chi connectivity index (χ2v) is 6.58. The zero-order valence-corrected chi connectivity index (χ0v) is 15.5. The van der Waals surface area contributed by atoms with Crippen molar-refractivity contribution >= 4 is 16.7 Å². The van der Waals surface area contributed by atoms with Crippen LogP contribution in [0.25, 0.3) is 10.8 Å². The maximum Gasteiger partial charge on any atom is 0.274 e. The zero-order chi connectivity index (χ0) is 20.2. The number of hydrogen-bond acceptors (Lipinski definition) is 5. The predicted molar refractivity (Wildman–Crippen MR) is 108 cm³/mol. The summed E-state index contributed by atoms with van der Waals surface area (Å²) in [5, 5.41) is 18.0. The molecule has 1 atom stereocenters. The zero-order valence-electron chi connectivity index (χ0n) is 15.5. The maximum absolute atomic E-state index is 12.8. The van der Waals surface area contributed by atoms with E-state index in [1.807, 2.05) is 30.3 Å². The van der Waals surface area contributed by atoms with Crippen LogP contribution in [0, 0.1) is 0 Å². The molecule has 0 saturated carbocycles. The molecule has 7 nitrogen and oxygen atoms in total. The van der Waals surface area contributed by atoms with Crippen molar-refractivity contribution < 1.29 is 14.3 Å². The molecule has 4 aromatic rings. The van der Waals surface area contributed by atoms with Crippen molar-refractivity contribution in [3.63, 3.8) is 0 Å². The van der Waals surface area contributed by atoms with Crippen LogP contribution >= 0.6 is 0 Å². The fourth-order valence-electron chi connectivity index (χ4n) is 3.12. The van der Waals surface area contributed by atoms with E-state index in [0.29, 0.717) is 16.5 Å². The molecule has 1 amide bonds. The first-order valence-corrected chi connectivity index (χ1v) is 9.17. The van der Waals surface area contributed by atoms with E-state index in [4.69, 9.17) is 4.42 Å². The first kappa shape index (κ1) is 18.6. The van der Waals surface area contributed by atoms with Crippen LogP contribution in [0.2, 0.25) is 0 Å². The maximum atomic E-state index is 12.8. The first-order chi connectivity index (χ1) is 14.1. The lowest BCUT2D eigenvalue weighted by Gasteiger charge is -2.13. The molecule has 4 rings (SSSR count). The minimum atomic E-state index is -0.976. The van der Waals surface area contributed by atoms with Gasteiger partial charge in [0.15, 0.2) is 5.69 Å². The quantitative estimate of drug-likeness (QED) is 0.528. The Labute approximate surface area is 166 Å². The van der Waals surface area contributed by atoms with Crippen molar-refractivity contribution in [2.75, 3.05) is 6.54 Å². The minimum absolute atomic E-state index is 0.0415. The molecule has 0 aliphatic heterocycles. The number of carbonyl (C=O) groups is 1. The van der Waals surface area contributed by atoms with Gasteiger partial charge in [-0.25, -0.2) is 4.68 Å². The van der Waals surface area contributed by atoms with E-state index in [2.05, 4.69) is 10.4 Å². The third-order valence-electron chi connectivity index (χ3n) is 4.59. The Balaban J connectivity index is 1.66. The van der Waals surface area contributed by atoms with Gasteiger partial charge in [0.05, 0.1) is 24.7 Å². The SMILES string of the molecule is O=C(NCC(O)c1ccco1)c1nn(Cc2ccccc2)c(=O)c2ccccc12. The molecule has 0 aliphatic rings. The van der Waals surface area contributed by atoms with Crippen molar-refractivity contribution in [2.45, 2.75) is 12.6 Å². The van der Waals surface area contributed by atoms with Crippen LogP contribution in [0.3, 0.4) is 0 Å². The van der Waals surface area contributed by atoms with Crippen molar-refractivity contribution in [1.29, 1.82) is 0 Å². The average molecular weight is 389 g/mol. The Morgan fingerprint density at radius 3 is 2.48 bits per heavy atom. The molecule has 146 valence electrons. The largest absolute Gasteiger partial charge is 0.467 e. The van der Waals surface area contributed by atoms with Crippen LogP contribution < -0.4 is 10.9 Å². The smallest absolute Gasteiger partial charge is 0.274 e. The van der Waals surface area contributed by atoms with Crippen LogP contribution in [-0.2, 0) is 6.54 Å². The number of aliphatic hydroxyl groups is 1. The standard InChI is InChI=1S/C22H19N3O4/c26-18(19-11-6-12-29-19)13-23-21(27)20-16-9-4-5-10-17(16)22(28)25(24-20)14-15-7-2-1-3-8-15/h1-12,18,26H,13-14H2,(H,23,27). The minimum Gasteiger partial charge on any atom is -0.467 e. The fourth-order valence-corrected chi connectivity index (χ4v) is 3.12. The number of aliphatic hydroxyl groups excluding tert-OH is 1. The Bertz CT molecular complexity index is 1180.